The van der Waals surface area contributed by atoms with Crippen molar-refractivity contribution in [1.82, 2.24) is 0 Å². The average molecular weight is 226 g/mol. The van der Waals surface area contributed by atoms with Gasteiger partial charge in [-0.15, -0.1) is 6.58 Å². The van der Waals surface area contributed by atoms with Gasteiger partial charge in [-0.05, 0) is 50.5 Å². The minimum atomic E-state index is 0.803. The van der Waals surface area contributed by atoms with Crippen molar-refractivity contribution >= 4 is 0 Å². The van der Waals surface area contributed by atoms with Crippen LogP contribution in [0.15, 0.2) is 37.0 Å². The Balaban J connectivity index is 3.42. The van der Waals surface area contributed by atoms with Gasteiger partial charge in [-0.1, -0.05) is 42.6 Å². The van der Waals surface area contributed by atoms with Crippen molar-refractivity contribution in [3.05, 3.63) is 37.0 Å². The quantitative estimate of drug-likeness (QED) is 0.337. The van der Waals surface area contributed by atoms with Gasteiger partial charge in [-0.25, -0.2) is 0 Å². The summed E-state index contributed by atoms with van der Waals surface area (Å²) < 4.78 is 0. The lowest BCUT2D eigenvalue weighted by atomic mass is 10.1. The van der Waals surface area contributed by atoms with Gasteiger partial charge in [-0.3, -0.25) is 0 Å². The smallest absolute Gasteiger partial charge is 0.0279 e. The van der Waals surface area contributed by atoms with Crippen LogP contribution < -0.4 is 0 Å². The molecule has 0 heterocycles. The fraction of sp³-hybridized carbons (Fsp3) is 0.412. The molecule has 0 aliphatic carbocycles. The molecule has 0 unspecified atom stereocenters. The van der Waals surface area contributed by atoms with Crippen molar-refractivity contribution in [2.75, 3.05) is 0 Å². The average Bonchev–Trinajstić information content (AvgIpc) is 2.35. The normalized spacial score (nSPS) is 9.71. The van der Waals surface area contributed by atoms with Crippen LogP contribution in [0.5, 0.6) is 0 Å². The van der Waals surface area contributed by atoms with Crippen LogP contribution in [-0.4, -0.2) is 0 Å². The molecule has 0 heteroatoms. The summed E-state index contributed by atoms with van der Waals surface area (Å²) in [5.41, 5.74) is 0. The Morgan fingerprint density at radius 2 is 1.82 bits per heavy atom. The van der Waals surface area contributed by atoms with Crippen molar-refractivity contribution in [2.24, 2.45) is 0 Å². The Morgan fingerprint density at radius 1 is 1.00 bits per heavy atom. The summed E-state index contributed by atoms with van der Waals surface area (Å²) in [6, 6.07) is 0. The predicted molar refractivity (Wildman–Crippen MR) is 77.4 cm³/mol. The summed E-state index contributed by atoms with van der Waals surface area (Å²) in [6.07, 6.45) is 16.9. The van der Waals surface area contributed by atoms with Crippen LogP contribution in [0, 0.1) is 23.7 Å². The maximum absolute atomic E-state index is 3.71. The zero-order valence-electron chi connectivity index (χ0n) is 10.8. The fourth-order valence-electron chi connectivity index (χ4n) is 1.24. The molecule has 0 aromatic carbocycles. The second kappa shape index (κ2) is 14.3. The van der Waals surface area contributed by atoms with Crippen molar-refractivity contribution in [3.63, 3.8) is 0 Å². The third-order valence-electron chi connectivity index (χ3n) is 2.14. The first-order valence-electron chi connectivity index (χ1n) is 6.27. The maximum atomic E-state index is 3.71. The van der Waals surface area contributed by atoms with Gasteiger partial charge in [0.15, 0.2) is 0 Å². The van der Waals surface area contributed by atoms with Crippen molar-refractivity contribution in [1.29, 1.82) is 0 Å². The van der Waals surface area contributed by atoms with Gasteiger partial charge in [0.2, 0.25) is 0 Å². The molecule has 0 bridgehead atoms. The molecule has 90 valence electrons. The number of rotatable bonds is 7. The van der Waals surface area contributed by atoms with Gasteiger partial charge in [0, 0.05) is 6.42 Å². The van der Waals surface area contributed by atoms with E-state index in [2.05, 4.69) is 42.4 Å². The SMILES string of the molecule is C=CCCCCC/C=C\CC#CC#C/C=C/C. The number of hydrogen-bond acceptors (Lipinski definition) is 0. The third-order valence-corrected chi connectivity index (χ3v) is 2.14. The number of unbranched alkanes of at least 4 members (excludes halogenated alkanes) is 4. The highest BCUT2D eigenvalue weighted by molar-refractivity contribution is 5.30. The highest BCUT2D eigenvalue weighted by Gasteiger charge is 1.84. The van der Waals surface area contributed by atoms with E-state index in [0.29, 0.717) is 0 Å². The molecular formula is C17H22. The lowest BCUT2D eigenvalue weighted by molar-refractivity contribution is 0.696. The van der Waals surface area contributed by atoms with E-state index in [9.17, 15) is 0 Å². The Morgan fingerprint density at radius 3 is 2.59 bits per heavy atom. The molecule has 0 aliphatic heterocycles. The summed E-state index contributed by atoms with van der Waals surface area (Å²) >= 11 is 0. The highest BCUT2D eigenvalue weighted by atomic mass is 13.9. The molecule has 0 aliphatic rings. The Hall–Kier alpha value is -1.66. The summed E-state index contributed by atoms with van der Waals surface area (Å²) in [5.74, 6) is 11.4. The van der Waals surface area contributed by atoms with E-state index in [1.165, 1.54) is 19.3 Å². The summed E-state index contributed by atoms with van der Waals surface area (Å²) in [5, 5.41) is 0. The first-order valence-corrected chi connectivity index (χ1v) is 6.27. The first kappa shape index (κ1) is 15.3. The van der Waals surface area contributed by atoms with E-state index in [1.807, 2.05) is 19.1 Å². The lowest BCUT2D eigenvalue weighted by Crippen LogP contribution is -1.74. The van der Waals surface area contributed by atoms with E-state index in [4.69, 9.17) is 0 Å². The van der Waals surface area contributed by atoms with Crippen LogP contribution in [0.1, 0.15) is 45.4 Å². The lowest BCUT2D eigenvalue weighted by Gasteiger charge is -1.93. The largest absolute Gasteiger partial charge is 0.103 e. The second-order valence-corrected chi connectivity index (χ2v) is 3.67. The summed E-state index contributed by atoms with van der Waals surface area (Å²) in [7, 11) is 0. The van der Waals surface area contributed by atoms with Gasteiger partial charge in [0.05, 0.1) is 0 Å². The molecule has 0 aromatic heterocycles. The predicted octanol–water partition coefficient (Wildman–Crippen LogP) is 4.65. The van der Waals surface area contributed by atoms with Crippen molar-refractivity contribution in [3.8, 4) is 23.7 Å². The Bertz CT molecular complexity index is 347. The number of allylic oxidation sites excluding steroid dienone is 5. The first-order chi connectivity index (χ1) is 8.41. The zero-order valence-corrected chi connectivity index (χ0v) is 10.8. The molecule has 0 N–H and O–H groups in total. The van der Waals surface area contributed by atoms with Gasteiger partial charge < -0.3 is 0 Å². The molecule has 0 rings (SSSR count). The van der Waals surface area contributed by atoms with Crippen molar-refractivity contribution in [2.45, 2.75) is 45.4 Å². The molecule has 0 spiro atoms. The van der Waals surface area contributed by atoms with E-state index < -0.39 is 0 Å². The standard InChI is InChI=1S/C17H22/c1-3-5-7-9-11-13-15-17-16-14-12-10-8-6-4-2/h3-4,6,15,17H,1,5,7,9,11,13,16H2,2H3/b6-4+,17-15-. The molecule has 0 amide bonds. The van der Waals surface area contributed by atoms with Gasteiger partial charge >= 0.3 is 0 Å². The molecular weight excluding hydrogens is 204 g/mol. The topological polar surface area (TPSA) is 0 Å². The summed E-state index contributed by atoms with van der Waals surface area (Å²) in [6.45, 7) is 5.65. The van der Waals surface area contributed by atoms with Crippen LogP contribution in [-0.2, 0) is 0 Å². The maximum Gasteiger partial charge on any atom is 0.0279 e. The second-order valence-electron chi connectivity index (χ2n) is 3.67. The molecule has 0 radical (unpaired) electrons. The molecule has 17 heavy (non-hydrogen) atoms. The molecule has 0 saturated carbocycles. The molecule has 0 aromatic rings. The minimum absolute atomic E-state index is 0.803. The molecule has 0 nitrogen and oxygen atoms in total. The van der Waals surface area contributed by atoms with Crippen molar-refractivity contribution < 1.29 is 0 Å². The van der Waals surface area contributed by atoms with E-state index in [-0.39, 0.29) is 0 Å². The molecule has 0 atom stereocenters. The van der Waals surface area contributed by atoms with E-state index >= 15 is 0 Å². The fourth-order valence-corrected chi connectivity index (χ4v) is 1.24. The molecule has 0 fully saturated rings. The minimum Gasteiger partial charge on any atom is -0.103 e. The van der Waals surface area contributed by atoms with Crippen LogP contribution in [0.25, 0.3) is 0 Å². The van der Waals surface area contributed by atoms with Gasteiger partial charge in [0.1, 0.15) is 0 Å². The Labute approximate surface area is 107 Å². The highest BCUT2D eigenvalue weighted by Crippen LogP contribution is 2.03. The zero-order chi connectivity index (χ0) is 12.6. The van der Waals surface area contributed by atoms with Gasteiger partial charge in [-0.2, -0.15) is 0 Å². The van der Waals surface area contributed by atoms with E-state index in [1.54, 1.807) is 6.08 Å². The Kier molecular flexibility index (Phi) is 12.9. The van der Waals surface area contributed by atoms with E-state index in [0.717, 1.165) is 19.3 Å². The van der Waals surface area contributed by atoms with Crippen LogP contribution in [0.2, 0.25) is 0 Å². The van der Waals surface area contributed by atoms with Crippen LogP contribution in [0.4, 0.5) is 0 Å². The number of hydrogen-bond donors (Lipinski definition) is 0. The third kappa shape index (κ3) is 14.3. The summed E-state index contributed by atoms with van der Waals surface area (Å²) in [4.78, 5) is 0. The monoisotopic (exact) mass is 226 g/mol. The van der Waals surface area contributed by atoms with Crippen LogP contribution >= 0.6 is 0 Å². The van der Waals surface area contributed by atoms with Gasteiger partial charge in [0.25, 0.3) is 0 Å². The van der Waals surface area contributed by atoms with Crippen LogP contribution in [0.3, 0.4) is 0 Å². The molecule has 0 saturated heterocycles.